The summed E-state index contributed by atoms with van der Waals surface area (Å²) < 4.78 is 6.26. The molecule has 6 fully saturated rings. The van der Waals surface area contributed by atoms with Gasteiger partial charge < -0.3 is 20.5 Å². The lowest BCUT2D eigenvalue weighted by Crippen LogP contribution is -2.67. The number of likely N-dealkylation sites (tertiary alicyclic amines) is 1. The maximum atomic E-state index is 14.6. The van der Waals surface area contributed by atoms with Gasteiger partial charge in [-0.15, -0.1) is 0 Å². The van der Waals surface area contributed by atoms with E-state index < -0.39 is 11.4 Å². The molecule has 0 unspecified atom stereocenters. The summed E-state index contributed by atoms with van der Waals surface area (Å²) in [5.74, 6) is 1.55. The molecule has 270 valence electrons. The first kappa shape index (κ1) is 35.9. The molecule has 48 heavy (non-hydrogen) atoms. The monoisotopic (exact) mass is 666 g/mol. The van der Waals surface area contributed by atoms with E-state index in [1.54, 1.807) is 0 Å². The Balaban J connectivity index is 1.26. The van der Waals surface area contributed by atoms with Crippen molar-refractivity contribution in [1.29, 1.82) is 0 Å². The zero-order valence-corrected chi connectivity index (χ0v) is 31.5. The van der Waals surface area contributed by atoms with Gasteiger partial charge in [-0.25, -0.2) is 0 Å². The maximum Gasteiger partial charge on any atom is 0.306 e. The fourth-order valence-corrected chi connectivity index (χ4v) is 14.0. The Kier molecular flexibility index (Phi) is 8.86. The summed E-state index contributed by atoms with van der Waals surface area (Å²) in [5, 5.41) is 9.33. The van der Waals surface area contributed by atoms with Crippen molar-refractivity contribution in [2.75, 3.05) is 13.1 Å². The zero-order chi connectivity index (χ0) is 35.2. The van der Waals surface area contributed by atoms with Crippen molar-refractivity contribution in [3.63, 3.8) is 0 Å². The molecule has 5 saturated carbocycles. The lowest BCUT2D eigenvalue weighted by atomic mass is 9.32. The molecule has 6 rings (SSSR count). The highest BCUT2D eigenvalue weighted by Gasteiger charge is 2.72. The molecule has 0 spiro atoms. The maximum absolute atomic E-state index is 14.6. The van der Waals surface area contributed by atoms with Crippen LogP contribution in [0.5, 0.6) is 0 Å². The largest absolute Gasteiger partial charge is 0.481 e. The highest BCUT2D eigenvalue weighted by Crippen LogP contribution is 2.77. The minimum absolute atomic E-state index is 0.0491. The van der Waals surface area contributed by atoms with Crippen LogP contribution >= 0.6 is 0 Å². The number of carbonyl (C=O) groups excluding carboxylic acids is 2. The number of fused-ring (bicyclic) bond motifs is 7. The van der Waals surface area contributed by atoms with E-state index in [0.29, 0.717) is 42.0 Å². The summed E-state index contributed by atoms with van der Waals surface area (Å²) in [6.45, 7) is 24.4. The summed E-state index contributed by atoms with van der Waals surface area (Å²) in [6, 6.07) is 0.105. The second kappa shape index (κ2) is 11.8. The first-order valence-corrected chi connectivity index (χ1v) is 19.3. The van der Waals surface area contributed by atoms with E-state index in [9.17, 15) is 19.5 Å². The van der Waals surface area contributed by atoms with Gasteiger partial charge in [0, 0.05) is 24.5 Å². The van der Waals surface area contributed by atoms with E-state index in [1.807, 2.05) is 13.8 Å². The second-order valence-corrected chi connectivity index (χ2v) is 19.9. The summed E-state index contributed by atoms with van der Waals surface area (Å²) in [6.07, 6.45) is 11.6. The van der Waals surface area contributed by atoms with Crippen molar-refractivity contribution in [1.82, 2.24) is 4.90 Å². The fraction of sp³-hybridized carbons (Fsp3) is 0.878. The Hall–Kier alpha value is -1.89. The summed E-state index contributed by atoms with van der Waals surface area (Å²) in [7, 11) is 0. The number of rotatable bonds is 7. The van der Waals surface area contributed by atoms with Gasteiger partial charge in [-0.1, -0.05) is 60.6 Å². The number of esters is 1. The molecule has 0 aromatic carbocycles. The number of carboxylic acid groups (broad SMARTS) is 1. The first-order chi connectivity index (χ1) is 22.2. The average Bonchev–Trinajstić information content (AvgIpc) is 3.58. The van der Waals surface area contributed by atoms with Crippen molar-refractivity contribution in [2.45, 2.75) is 151 Å². The van der Waals surface area contributed by atoms with Crippen LogP contribution in [0.3, 0.4) is 0 Å². The van der Waals surface area contributed by atoms with Crippen molar-refractivity contribution in [3.8, 4) is 0 Å². The normalized spacial score (nSPS) is 44.9. The number of hydrogen-bond donors (Lipinski definition) is 2. The molecule has 1 aliphatic heterocycles. The highest BCUT2D eigenvalue weighted by molar-refractivity contribution is 5.84. The van der Waals surface area contributed by atoms with Gasteiger partial charge in [0.05, 0.1) is 18.3 Å². The van der Waals surface area contributed by atoms with Crippen LogP contribution < -0.4 is 5.73 Å². The topological polar surface area (TPSA) is 110 Å². The Morgan fingerprint density at radius 3 is 2.21 bits per heavy atom. The highest BCUT2D eigenvalue weighted by atomic mass is 16.5. The van der Waals surface area contributed by atoms with Crippen LogP contribution in [0.2, 0.25) is 0 Å². The Bertz CT molecular complexity index is 1340. The molecule has 7 heteroatoms. The van der Waals surface area contributed by atoms with Gasteiger partial charge in [-0.05, 0) is 129 Å². The molecule has 0 bridgehead atoms. The average molecular weight is 667 g/mol. The van der Waals surface area contributed by atoms with Crippen LogP contribution in [-0.4, -0.2) is 53.1 Å². The number of nitrogens with two attached hydrogens (primary N) is 1. The third-order valence-corrected chi connectivity index (χ3v) is 16.5. The van der Waals surface area contributed by atoms with Gasteiger partial charge in [0.1, 0.15) is 6.10 Å². The SMILES string of the molecule is C=C(C)[C@@H]1CC[C@]2(C(=O)N3CC[C@@H](N)C3)CC[C@]3(C)[C@H](CC[C@@H]4[C@@]5(C)CC[C@H](OC(=O)CC(C)(C)CC(=O)O)C(C)(C)[C@@H]5CC[C@]43C)[C@@H]12. The number of nitrogens with zero attached hydrogens (tertiary/aromatic N) is 1. The molecule has 11 atom stereocenters. The molecule has 7 nitrogen and oxygen atoms in total. The van der Waals surface area contributed by atoms with Crippen LogP contribution in [0.25, 0.3) is 0 Å². The van der Waals surface area contributed by atoms with E-state index in [2.05, 4.69) is 53.0 Å². The number of ether oxygens (including phenoxy) is 1. The minimum atomic E-state index is -0.884. The van der Waals surface area contributed by atoms with Gasteiger partial charge >= 0.3 is 11.9 Å². The second-order valence-electron chi connectivity index (χ2n) is 19.9. The molecule has 1 saturated heterocycles. The third-order valence-electron chi connectivity index (χ3n) is 16.5. The van der Waals surface area contributed by atoms with Gasteiger partial charge in [-0.2, -0.15) is 0 Å². The Labute approximate surface area is 290 Å². The molecule has 1 amide bonds. The number of carboxylic acids is 1. The van der Waals surface area contributed by atoms with Crippen LogP contribution in [0.1, 0.15) is 139 Å². The molecule has 0 aromatic rings. The predicted molar refractivity (Wildman–Crippen MR) is 189 cm³/mol. The summed E-state index contributed by atoms with van der Waals surface area (Å²) in [4.78, 5) is 41.3. The van der Waals surface area contributed by atoms with Crippen molar-refractivity contribution >= 4 is 17.8 Å². The number of amides is 1. The van der Waals surface area contributed by atoms with E-state index in [-0.39, 0.29) is 58.0 Å². The number of aliphatic carboxylic acids is 1. The van der Waals surface area contributed by atoms with Crippen molar-refractivity contribution in [2.24, 2.45) is 67.8 Å². The quantitative estimate of drug-likeness (QED) is 0.211. The minimum Gasteiger partial charge on any atom is -0.481 e. The predicted octanol–water partition coefficient (Wildman–Crippen LogP) is 8.01. The van der Waals surface area contributed by atoms with E-state index in [4.69, 9.17) is 10.5 Å². The van der Waals surface area contributed by atoms with Gasteiger partial charge in [0.25, 0.3) is 0 Å². The van der Waals surface area contributed by atoms with Gasteiger partial charge in [-0.3, -0.25) is 14.4 Å². The molecule has 3 N–H and O–H groups in total. The smallest absolute Gasteiger partial charge is 0.306 e. The van der Waals surface area contributed by atoms with Gasteiger partial charge in [0.2, 0.25) is 5.91 Å². The van der Waals surface area contributed by atoms with Gasteiger partial charge in [0.15, 0.2) is 0 Å². The fourth-order valence-electron chi connectivity index (χ4n) is 14.0. The van der Waals surface area contributed by atoms with Crippen LogP contribution in [0, 0.1) is 62.1 Å². The molecule has 5 aliphatic carbocycles. The van der Waals surface area contributed by atoms with E-state index in [1.165, 1.54) is 24.8 Å². The number of hydrogen-bond acceptors (Lipinski definition) is 5. The lowest BCUT2D eigenvalue weighted by molar-refractivity contribution is -0.250. The zero-order valence-electron chi connectivity index (χ0n) is 31.5. The van der Waals surface area contributed by atoms with Crippen molar-refractivity contribution in [3.05, 3.63) is 12.2 Å². The summed E-state index contributed by atoms with van der Waals surface area (Å²) >= 11 is 0. The molecular formula is C41H66N2O5. The Morgan fingerprint density at radius 2 is 1.58 bits per heavy atom. The van der Waals surface area contributed by atoms with Crippen LogP contribution in [0.4, 0.5) is 0 Å². The molecule has 0 aromatic heterocycles. The van der Waals surface area contributed by atoms with Crippen LogP contribution in [-0.2, 0) is 19.1 Å². The van der Waals surface area contributed by atoms with E-state index in [0.717, 1.165) is 57.9 Å². The van der Waals surface area contributed by atoms with Crippen LogP contribution in [0.15, 0.2) is 12.2 Å². The Morgan fingerprint density at radius 1 is 0.875 bits per heavy atom. The molecular weight excluding hydrogens is 600 g/mol. The lowest BCUT2D eigenvalue weighted by Gasteiger charge is -2.73. The molecule has 1 heterocycles. The molecule has 0 radical (unpaired) electrons. The third kappa shape index (κ3) is 5.32. The summed E-state index contributed by atoms with van der Waals surface area (Å²) in [5.41, 5.74) is 6.99. The number of allylic oxidation sites excluding steroid dienone is 1. The van der Waals surface area contributed by atoms with E-state index >= 15 is 0 Å². The van der Waals surface area contributed by atoms with Crippen molar-refractivity contribution < 1.29 is 24.2 Å². The standard InChI is InChI=1S/C41H66N2O5/c1-25(2)27-12-18-41(35(47)43-21-15-26(42)24-43)20-19-39(8)28(34(27)41)10-11-30-38(7)16-14-31(37(5,6)29(38)13-17-40(30,39)9)48-33(46)23-36(3,4)22-32(44)45/h26-31,34H,1,10-24,42H2,2-9H3,(H,44,45)/t26-,27+,28-,29+,30-,31+,34-,38+,39-,40-,41+/m1/s1. The first-order valence-electron chi connectivity index (χ1n) is 19.3. The molecule has 6 aliphatic rings. The number of carbonyl (C=O) groups is 3.